The van der Waals surface area contributed by atoms with Crippen molar-refractivity contribution in [1.29, 1.82) is 0 Å². The van der Waals surface area contributed by atoms with Gasteiger partial charge in [0, 0.05) is 20.1 Å². The van der Waals surface area contributed by atoms with Gasteiger partial charge in [-0.25, -0.2) is 0 Å². The molecule has 1 heterocycles. The summed E-state index contributed by atoms with van der Waals surface area (Å²) in [7, 11) is 2.88. The van der Waals surface area contributed by atoms with Gasteiger partial charge in [-0.05, 0) is 6.42 Å². The van der Waals surface area contributed by atoms with Crippen LogP contribution in [0.4, 0.5) is 25.1 Å². The first kappa shape index (κ1) is 16.3. The van der Waals surface area contributed by atoms with Gasteiger partial charge in [-0.3, -0.25) is 0 Å². The molecule has 0 saturated carbocycles. The lowest BCUT2D eigenvalue weighted by atomic mass is 10.4. The first-order chi connectivity index (χ1) is 9.35. The van der Waals surface area contributed by atoms with E-state index >= 15 is 0 Å². The van der Waals surface area contributed by atoms with Gasteiger partial charge in [0.1, 0.15) is 0 Å². The lowest BCUT2D eigenvalue weighted by Gasteiger charge is -2.18. The van der Waals surface area contributed by atoms with Gasteiger partial charge >= 0.3 is 12.2 Å². The molecule has 1 rings (SSSR count). The number of alkyl halides is 3. The fraction of sp³-hybridized carbons (Fsp3) is 0.727. The molecule has 0 aliphatic rings. The molecule has 114 valence electrons. The molecule has 0 aliphatic heterocycles. The van der Waals surface area contributed by atoms with E-state index in [1.54, 1.807) is 0 Å². The van der Waals surface area contributed by atoms with E-state index in [1.807, 2.05) is 6.92 Å². The second-order valence-electron chi connectivity index (χ2n) is 4.16. The Morgan fingerprint density at radius 1 is 1.25 bits per heavy atom. The number of hydrogen-bond acceptors (Lipinski definition) is 6. The Hall–Kier alpha value is -1.80. The van der Waals surface area contributed by atoms with Crippen LogP contribution < -0.4 is 15.0 Å². The van der Waals surface area contributed by atoms with E-state index in [0.717, 1.165) is 6.42 Å². The van der Waals surface area contributed by atoms with Gasteiger partial charge in [-0.1, -0.05) is 6.92 Å². The van der Waals surface area contributed by atoms with Crippen LogP contribution in [0.2, 0.25) is 0 Å². The van der Waals surface area contributed by atoms with Crippen LogP contribution in [0.5, 0.6) is 6.01 Å². The third-order valence-electron chi connectivity index (χ3n) is 2.39. The van der Waals surface area contributed by atoms with E-state index in [9.17, 15) is 13.2 Å². The number of nitrogens with zero attached hydrogens (tertiary/aromatic N) is 4. The smallest absolute Gasteiger partial charge is 0.390 e. The summed E-state index contributed by atoms with van der Waals surface area (Å²) in [6, 6.07) is 0.0625. The number of halogens is 3. The predicted molar refractivity (Wildman–Crippen MR) is 69.1 cm³/mol. The largest absolute Gasteiger partial charge is 0.467 e. The summed E-state index contributed by atoms with van der Waals surface area (Å²) in [6.45, 7) is 2.39. The zero-order valence-corrected chi connectivity index (χ0v) is 11.7. The van der Waals surface area contributed by atoms with Gasteiger partial charge in [0.15, 0.2) is 0 Å². The highest BCUT2D eigenvalue weighted by molar-refractivity contribution is 5.37. The first-order valence-electron chi connectivity index (χ1n) is 6.17. The average molecular weight is 293 g/mol. The van der Waals surface area contributed by atoms with Crippen molar-refractivity contribution < 1.29 is 17.9 Å². The van der Waals surface area contributed by atoms with Crippen LogP contribution in [0.3, 0.4) is 0 Å². The monoisotopic (exact) mass is 293 g/mol. The van der Waals surface area contributed by atoms with E-state index in [-0.39, 0.29) is 24.5 Å². The number of methoxy groups -OCH3 is 1. The highest BCUT2D eigenvalue weighted by Gasteiger charge is 2.27. The maximum atomic E-state index is 12.2. The molecule has 1 aromatic rings. The number of nitrogens with one attached hydrogen (secondary N) is 1. The lowest BCUT2D eigenvalue weighted by Crippen LogP contribution is -2.26. The van der Waals surface area contributed by atoms with Gasteiger partial charge in [0.25, 0.3) is 0 Å². The summed E-state index contributed by atoms with van der Waals surface area (Å²) in [5.74, 6) is 0.423. The Morgan fingerprint density at radius 2 is 1.95 bits per heavy atom. The van der Waals surface area contributed by atoms with Crippen molar-refractivity contribution in [2.24, 2.45) is 0 Å². The van der Waals surface area contributed by atoms with Crippen LogP contribution in [0.1, 0.15) is 19.8 Å². The molecule has 1 aromatic heterocycles. The van der Waals surface area contributed by atoms with Gasteiger partial charge in [-0.2, -0.15) is 28.1 Å². The molecular weight excluding hydrogens is 275 g/mol. The van der Waals surface area contributed by atoms with Crippen molar-refractivity contribution in [3.63, 3.8) is 0 Å². The molecular formula is C11H18F3N5O. The molecule has 6 nitrogen and oxygen atoms in total. The topological polar surface area (TPSA) is 63.2 Å². The maximum Gasteiger partial charge on any atom is 0.390 e. The summed E-state index contributed by atoms with van der Waals surface area (Å²) in [5, 5.41) is 2.95. The Labute approximate surface area is 115 Å². The molecule has 0 aliphatic carbocycles. The standard InChI is InChI=1S/C11H18F3N5O/c1-4-6-15-8-16-9(18-10(17-8)20-3)19(2)7-5-11(12,13)14/h4-7H2,1-3H3,(H,15,16,17,18). The Balaban J connectivity index is 2.81. The fourth-order valence-electron chi connectivity index (χ4n) is 1.32. The van der Waals surface area contributed by atoms with Crippen LogP contribution in [0.25, 0.3) is 0 Å². The molecule has 0 radical (unpaired) electrons. The quantitative estimate of drug-likeness (QED) is 0.830. The highest BCUT2D eigenvalue weighted by atomic mass is 19.4. The molecule has 20 heavy (non-hydrogen) atoms. The van der Waals surface area contributed by atoms with E-state index < -0.39 is 12.6 Å². The van der Waals surface area contributed by atoms with Crippen molar-refractivity contribution in [1.82, 2.24) is 15.0 Å². The van der Waals surface area contributed by atoms with Gasteiger partial charge < -0.3 is 15.0 Å². The SMILES string of the molecule is CCCNc1nc(OC)nc(N(C)CCC(F)(F)F)n1. The van der Waals surface area contributed by atoms with Crippen LogP contribution in [0.15, 0.2) is 0 Å². The highest BCUT2D eigenvalue weighted by Crippen LogP contribution is 2.21. The average Bonchev–Trinajstić information content (AvgIpc) is 2.41. The van der Waals surface area contributed by atoms with Crippen LogP contribution in [-0.4, -0.2) is 48.4 Å². The second-order valence-corrected chi connectivity index (χ2v) is 4.16. The van der Waals surface area contributed by atoms with E-state index in [4.69, 9.17) is 4.74 Å². The summed E-state index contributed by atoms with van der Waals surface area (Å²) in [4.78, 5) is 13.3. The van der Waals surface area contributed by atoms with Crippen molar-refractivity contribution in [3.8, 4) is 6.01 Å². The van der Waals surface area contributed by atoms with Gasteiger partial charge in [-0.15, -0.1) is 0 Å². The minimum absolute atomic E-state index is 0.0625. The van der Waals surface area contributed by atoms with Crippen molar-refractivity contribution in [2.75, 3.05) is 37.5 Å². The zero-order valence-electron chi connectivity index (χ0n) is 11.7. The number of rotatable bonds is 7. The lowest BCUT2D eigenvalue weighted by molar-refractivity contribution is -0.132. The molecule has 9 heteroatoms. The van der Waals surface area contributed by atoms with Crippen molar-refractivity contribution in [3.05, 3.63) is 0 Å². The molecule has 0 aromatic carbocycles. The minimum atomic E-state index is -4.21. The third kappa shape index (κ3) is 5.45. The maximum absolute atomic E-state index is 12.2. The molecule has 0 spiro atoms. The van der Waals surface area contributed by atoms with E-state index in [2.05, 4.69) is 20.3 Å². The van der Waals surface area contributed by atoms with Crippen LogP contribution in [0, 0.1) is 0 Å². The van der Waals surface area contributed by atoms with Gasteiger partial charge in [0.05, 0.1) is 13.5 Å². The summed E-state index contributed by atoms with van der Waals surface area (Å²) in [6.07, 6.45) is -4.28. The molecule has 0 amide bonds. The fourth-order valence-corrected chi connectivity index (χ4v) is 1.32. The number of hydrogen-bond donors (Lipinski definition) is 1. The Kier molecular flexibility index (Phi) is 5.78. The first-order valence-corrected chi connectivity index (χ1v) is 6.17. The summed E-state index contributed by atoms with van der Waals surface area (Å²) < 4.78 is 41.5. The van der Waals surface area contributed by atoms with Crippen LogP contribution >= 0.6 is 0 Å². The molecule has 1 N–H and O–H groups in total. The molecule has 0 fully saturated rings. The minimum Gasteiger partial charge on any atom is -0.467 e. The third-order valence-corrected chi connectivity index (χ3v) is 2.39. The number of aromatic nitrogens is 3. The Bertz CT molecular complexity index is 427. The Morgan fingerprint density at radius 3 is 2.50 bits per heavy atom. The molecule has 0 bridgehead atoms. The number of anilines is 2. The molecule has 0 saturated heterocycles. The van der Waals surface area contributed by atoms with Crippen molar-refractivity contribution in [2.45, 2.75) is 25.9 Å². The predicted octanol–water partition coefficient (Wildman–Crippen LogP) is 2.09. The second kappa shape index (κ2) is 7.11. The molecule has 0 atom stereocenters. The normalized spacial score (nSPS) is 11.3. The summed E-state index contributed by atoms with van der Waals surface area (Å²) in [5.41, 5.74) is 0. The van der Waals surface area contributed by atoms with E-state index in [1.165, 1.54) is 19.1 Å². The van der Waals surface area contributed by atoms with Crippen molar-refractivity contribution >= 4 is 11.9 Å². The van der Waals surface area contributed by atoms with E-state index in [0.29, 0.717) is 6.54 Å². The number of ether oxygens (including phenoxy) is 1. The van der Waals surface area contributed by atoms with Gasteiger partial charge in [0.2, 0.25) is 11.9 Å². The van der Waals surface area contributed by atoms with Crippen LogP contribution in [-0.2, 0) is 0 Å². The molecule has 0 unspecified atom stereocenters. The summed E-state index contributed by atoms with van der Waals surface area (Å²) >= 11 is 0. The zero-order chi connectivity index (χ0) is 15.2.